The predicted molar refractivity (Wildman–Crippen MR) is 185 cm³/mol. The third kappa shape index (κ3) is 5.99. The molecule has 0 saturated carbocycles. The van der Waals surface area contributed by atoms with E-state index in [-0.39, 0.29) is 34.9 Å². The van der Waals surface area contributed by atoms with Gasteiger partial charge < -0.3 is 24.8 Å². The van der Waals surface area contributed by atoms with Crippen LogP contribution in [0.25, 0.3) is 10.8 Å². The Labute approximate surface area is 281 Å². The maximum absolute atomic E-state index is 14.6. The molecular formula is C35H44FN7O4S. The van der Waals surface area contributed by atoms with Crippen LogP contribution in [-0.2, 0) is 19.4 Å². The average Bonchev–Trinajstić information content (AvgIpc) is 3.55. The van der Waals surface area contributed by atoms with Gasteiger partial charge in [0.1, 0.15) is 17.8 Å². The highest BCUT2D eigenvalue weighted by Gasteiger charge is 2.45. The van der Waals surface area contributed by atoms with Crippen LogP contribution in [0.2, 0.25) is 0 Å². The zero-order valence-electron chi connectivity index (χ0n) is 27.6. The number of piperidine rings is 1. The lowest BCUT2D eigenvalue weighted by Gasteiger charge is -2.46. The molecule has 256 valence electrons. The molecule has 2 aromatic heterocycles. The molecule has 0 radical (unpaired) electrons. The zero-order valence-corrected chi connectivity index (χ0v) is 28.4. The Morgan fingerprint density at radius 1 is 1.02 bits per heavy atom. The van der Waals surface area contributed by atoms with Gasteiger partial charge in [-0.3, -0.25) is 4.79 Å². The van der Waals surface area contributed by atoms with Crippen LogP contribution < -0.4 is 15.1 Å². The number of anilines is 4. The zero-order chi connectivity index (χ0) is 33.6. The number of hydrogen-bond acceptors (Lipinski definition) is 10. The number of ether oxygens (including phenoxy) is 1. The molecule has 4 aliphatic heterocycles. The minimum Gasteiger partial charge on any atom is -0.378 e. The Morgan fingerprint density at radius 2 is 1.85 bits per heavy atom. The van der Waals surface area contributed by atoms with Crippen molar-refractivity contribution in [3.05, 3.63) is 54.9 Å². The van der Waals surface area contributed by atoms with Crippen molar-refractivity contribution in [2.75, 3.05) is 55.0 Å². The van der Waals surface area contributed by atoms with Gasteiger partial charge in [-0.1, -0.05) is 19.1 Å². The highest BCUT2D eigenvalue weighted by molar-refractivity contribution is 7.92. The van der Waals surface area contributed by atoms with Crippen LogP contribution in [0.5, 0.6) is 0 Å². The first-order valence-corrected chi connectivity index (χ1v) is 18.6. The van der Waals surface area contributed by atoms with E-state index < -0.39 is 22.1 Å². The van der Waals surface area contributed by atoms with E-state index in [0.717, 1.165) is 54.1 Å². The summed E-state index contributed by atoms with van der Waals surface area (Å²) in [6.07, 6.45) is 8.05. The van der Waals surface area contributed by atoms with E-state index >= 15 is 0 Å². The molecule has 1 N–H and O–H groups in total. The van der Waals surface area contributed by atoms with Crippen molar-refractivity contribution < 1.29 is 22.3 Å². The van der Waals surface area contributed by atoms with Gasteiger partial charge in [0.15, 0.2) is 9.84 Å². The summed E-state index contributed by atoms with van der Waals surface area (Å²) in [5.41, 5.74) is 2.04. The number of benzene rings is 1. The average molecular weight is 678 g/mol. The summed E-state index contributed by atoms with van der Waals surface area (Å²) in [5, 5.41) is 4.69. The Hall–Kier alpha value is -3.84. The lowest BCUT2D eigenvalue weighted by Crippen LogP contribution is -2.56. The van der Waals surface area contributed by atoms with Crippen molar-refractivity contribution in [1.29, 1.82) is 0 Å². The molecule has 4 fully saturated rings. The number of alkyl halides is 1. The SMILES string of the molecule is C=CC(=O)N1CCC[C@H]1c1ccc(N2CC([C@H]3CCC[C@H](C)S3(=O)=O)C2)c2cnc(Nc3ccnc(N4CC[C@@H](OC)[C@@H](F)C4)n3)cc12. The molecule has 0 bridgehead atoms. The lowest BCUT2D eigenvalue weighted by atomic mass is 9.90. The highest BCUT2D eigenvalue weighted by Crippen LogP contribution is 2.43. The highest BCUT2D eigenvalue weighted by atomic mass is 32.2. The van der Waals surface area contributed by atoms with Gasteiger partial charge in [-0.2, -0.15) is 4.98 Å². The summed E-state index contributed by atoms with van der Waals surface area (Å²) in [6, 6.07) is 7.85. The van der Waals surface area contributed by atoms with Crippen molar-refractivity contribution in [1.82, 2.24) is 19.9 Å². The molecule has 3 aromatic rings. The fraction of sp³-hybridized carbons (Fsp3) is 0.543. The van der Waals surface area contributed by atoms with Crippen LogP contribution in [0, 0.1) is 5.92 Å². The summed E-state index contributed by atoms with van der Waals surface area (Å²) in [6.45, 7) is 8.35. The standard InChI is InChI=1S/C35H44FN7O4S/c1-4-34(44)43-15-6-8-29(43)24-10-11-28(42-19-23(20-42)31-9-5-7-22(2)48(31,45)46)26-18-38-33(17-25(24)26)39-32-12-14-37-35(40-32)41-16-13-30(47-3)27(36)21-41/h4,10-12,14,17-18,22-23,27,29-31H,1,5-9,13,15-16,19-21H2,2-3H3,(H,37,38,39,40)/t22-,27-,29-,30+,31+/m0/s1. The normalized spacial score (nSPS) is 27.6. The number of amides is 1. The fourth-order valence-electron chi connectivity index (χ4n) is 8.07. The summed E-state index contributed by atoms with van der Waals surface area (Å²) in [7, 11) is -1.59. The minimum absolute atomic E-state index is 0.0887. The number of aromatic nitrogens is 3. The van der Waals surface area contributed by atoms with E-state index in [1.807, 2.05) is 29.0 Å². The summed E-state index contributed by atoms with van der Waals surface area (Å²) >= 11 is 0. The van der Waals surface area contributed by atoms with Crippen LogP contribution in [0.15, 0.2) is 49.3 Å². The number of likely N-dealkylation sites (tertiary alicyclic amines) is 1. The molecule has 1 aromatic carbocycles. The Balaban J connectivity index is 1.18. The predicted octanol–water partition coefficient (Wildman–Crippen LogP) is 4.97. The molecule has 0 spiro atoms. The van der Waals surface area contributed by atoms with Crippen molar-refractivity contribution in [3.63, 3.8) is 0 Å². The molecule has 11 nitrogen and oxygen atoms in total. The Morgan fingerprint density at radius 3 is 2.62 bits per heavy atom. The molecule has 4 saturated heterocycles. The van der Waals surface area contributed by atoms with Gasteiger partial charge in [0.05, 0.1) is 29.2 Å². The first-order valence-electron chi connectivity index (χ1n) is 17.0. The largest absolute Gasteiger partial charge is 0.378 e. The second-order valence-electron chi connectivity index (χ2n) is 13.6. The van der Waals surface area contributed by atoms with E-state index in [2.05, 4.69) is 38.9 Å². The van der Waals surface area contributed by atoms with Crippen LogP contribution in [0.3, 0.4) is 0 Å². The summed E-state index contributed by atoms with van der Waals surface area (Å²) in [5.74, 6) is 1.57. The van der Waals surface area contributed by atoms with E-state index in [4.69, 9.17) is 9.72 Å². The first-order chi connectivity index (χ1) is 23.2. The number of nitrogens with zero attached hydrogens (tertiary/aromatic N) is 6. The Bertz CT molecular complexity index is 1800. The maximum Gasteiger partial charge on any atom is 0.246 e. The van der Waals surface area contributed by atoms with Gasteiger partial charge in [0.2, 0.25) is 11.9 Å². The van der Waals surface area contributed by atoms with E-state index in [1.54, 1.807) is 12.3 Å². The number of sulfone groups is 1. The molecule has 48 heavy (non-hydrogen) atoms. The number of halogens is 1. The molecule has 1 amide bonds. The van der Waals surface area contributed by atoms with Crippen molar-refractivity contribution in [2.24, 2.45) is 5.92 Å². The van der Waals surface area contributed by atoms with E-state index in [1.165, 1.54) is 13.2 Å². The van der Waals surface area contributed by atoms with Crippen molar-refractivity contribution >= 4 is 49.8 Å². The van der Waals surface area contributed by atoms with E-state index in [0.29, 0.717) is 50.2 Å². The molecule has 4 aliphatic rings. The summed E-state index contributed by atoms with van der Waals surface area (Å²) in [4.78, 5) is 32.6. The second-order valence-corrected chi connectivity index (χ2v) is 16.2. The number of fused-ring (bicyclic) bond motifs is 1. The number of carbonyl (C=O) groups is 1. The molecular weight excluding hydrogens is 633 g/mol. The molecule has 0 unspecified atom stereocenters. The van der Waals surface area contributed by atoms with Crippen LogP contribution in [-0.4, -0.2) is 96.8 Å². The third-order valence-corrected chi connectivity index (χ3v) is 13.6. The number of nitrogens with one attached hydrogen (secondary N) is 1. The van der Waals surface area contributed by atoms with Crippen LogP contribution in [0.4, 0.5) is 27.7 Å². The molecule has 13 heteroatoms. The van der Waals surface area contributed by atoms with Gasteiger partial charge in [-0.25, -0.2) is 22.8 Å². The summed E-state index contributed by atoms with van der Waals surface area (Å²) < 4.78 is 46.2. The molecule has 6 heterocycles. The lowest BCUT2D eigenvalue weighted by molar-refractivity contribution is -0.126. The van der Waals surface area contributed by atoms with Crippen molar-refractivity contribution in [3.8, 4) is 0 Å². The number of rotatable bonds is 8. The molecule has 0 aliphatic carbocycles. The van der Waals surface area contributed by atoms with Crippen molar-refractivity contribution in [2.45, 2.75) is 74.3 Å². The van der Waals surface area contributed by atoms with Gasteiger partial charge in [-0.15, -0.1) is 0 Å². The Kier molecular flexibility index (Phi) is 9.01. The topological polar surface area (TPSA) is 121 Å². The smallest absolute Gasteiger partial charge is 0.246 e. The van der Waals surface area contributed by atoms with Gasteiger partial charge >= 0.3 is 0 Å². The third-order valence-electron chi connectivity index (χ3n) is 10.8. The number of hydrogen-bond donors (Lipinski definition) is 1. The fourth-order valence-corrected chi connectivity index (χ4v) is 10.4. The van der Waals surface area contributed by atoms with Gasteiger partial charge in [0, 0.05) is 62.7 Å². The molecule has 5 atom stereocenters. The number of methoxy groups -OCH3 is 1. The number of pyridine rings is 1. The molecule has 7 rings (SSSR count). The van der Waals surface area contributed by atoms with Gasteiger partial charge in [0.25, 0.3) is 0 Å². The van der Waals surface area contributed by atoms with Gasteiger partial charge in [-0.05, 0) is 74.3 Å². The van der Waals surface area contributed by atoms with E-state index in [9.17, 15) is 17.6 Å². The maximum atomic E-state index is 14.6. The minimum atomic E-state index is -3.13. The quantitative estimate of drug-likeness (QED) is 0.327. The second kappa shape index (κ2) is 13.2. The van der Waals surface area contributed by atoms with Crippen LogP contribution in [0.1, 0.15) is 57.1 Å². The number of carbonyl (C=O) groups excluding carboxylic acids is 1. The van der Waals surface area contributed by atoms with Crippen LogP contribution >= 0.6 is 0 Å². The monoisotopic (exact) mass is 677 g/mol. The first kappa shape index (κ1) is 32.7.